The van der Waals surface area contributed by atoms with E-state index in [1.165, 1.54) is 41.2 Å². The van der Waals surface area contributed by atoms with E-state index in [2.05, 4.69) is 45.8 Å². The molecule has 0 aliphatic carbocycles. The Balaban J connectivity index is 1.48. The zero-order valence-electron chi connectivity index (χ0n) is 15.7. The fourth-order valence-electron chi connectivity index (χ4n) is 5.04. The van der Waals surface area contributed by atoms with Gasteiger partial charge in [0.25, 0.3) is 0 Å². The molecule has 0 N–H and O–H groups in total. The van der Waals surface area contributed by atoms with E-state index >= 15 is 0 Å². The molecule has 2 aromatic heterocycles. The largest absolute Gasteiger partial charge is 0.433 e. The third-order valence-electron chi connectivity index (χ3n) is 6.46. The maximum absolute atomic E-state index is 12.7. The molecule has 2 aliphatic heterocycles. The molecule has 1 aromatic carbocycles. The first kappa shape index (κ1) is 17.7. The molecular weight excluding hydrogens is 363 g/mol. The summed E-state index contributed by atoms with van der Waals surface area (Å²) in [4.78, 5) is 6.12. The molecule has 4 heterocycles. The third kappa shape index (κ3) is 2.73. The maximum atomic E-state index is 12.7. The minimum atomic E-state index is -4.39. The molecule has 6 heteroatoms. The fourth-order valence-corrected chi connectivity index (χ4v) is 5.04. The second-order valence-corrected chi connectivity index (χ2v) is 7.95. The first-order valence-corrected chi connectivity index (χ1v) is 9.77. The van der Waals surface area contributed by atoms with Crippen LogP contribution in [0.5, 0.6) is 0 Å². The van der Waals surface area contributed by atoms with Gasteiger partial charge in [-0.2, -0.15) is 13.2 Å². The van der Waals surface area contributed by atoms with Gasteiger partial charge in [-0.25, -0.2) is 0 Å². The van der Waals surface area contributed by atoms with Crippen molar-refractivity contribution in [2.24, 2.45) is 0 Å². The molecule has 2 aliphatic rings. The highest BCUT2D eigenvalue weighted by atomic mass is 19.4. The second-order valence-electron chi connectivity index (χ2n) is 7.95. The van der Waals surface area contributed by atoms with Gasteiger partial charge < -0.3 is 4.57 Å². The lowest BCUT2D eigenvalue weighted by Gasteiger charge is -2.32. The Hall–Kier alpha value is -2.34. The summed E-state index contributed by atoms with van der Waals surface area (Å²) in [7, 11) is 2.23. The van der Waals surface area contributed by atoms with Crippen LogP contribution in [0.3, 0.4) is 0 Å². The van der Waals surface area contributed by atoms with Crippen LogP contribution in [0.15, 0.2) is 42.6 Å². The number of halogens is 3. The van der Waals surface area contributed by atoms with Gasteiger partial charge in [0.05, 0.1) is 0 Å². The van der Waals surface area contributed by atoms with Gasteiger partial charge in [0.2, 0.25) is 0 Å². The van der Waals surface area contributed by atoms with Gasteiger partial charge in [-0.15, -0.1) is 0 Å². The monoisotopic (exact) mass is 385 g/mol. The van der Waals surface area contributed by atoms with Crippen molar-refractivity contribution >= 4 is 10.9 Å². The number of aryl methyl sites for hydroxylation is 2. The molecule has 1 saturated heterocycles. The summed E-state index contributed by atoms with van der Waals surface area (Å²) in [5.41, 5.74) is 4.09. The van der Waals surface area contributed by atoms with E-state index < -0.39 is 11.9 Å². The average Bonchev–Trinajstić information content (AvgIpc) is 3.10. The predicted molar refractivity (Wildman–Crippen MR) is 102 cm³/mol. The van der Waals surface area contributed by atoms with Crippen LogP contribution in [0.4, 0.5) is 13.2 Å². The molecule has 146 valence electrons. The standard InChI is InChI=1S/C22H22F3N3/c1-27-15-7-8-18(27)21-16-4-2-3-5-17(16)28(19(21)12-15)11-10-14-6-9-20(26-13-14)22(23,24)25/h2-6,9,13,15,18H,7-8,10-12H2,1H3/t15-,18+/m0/s1. The Morgan fingerprint density at radius 1 is 1.11 bits per heavy atom. The van der Waals surface area contributed by atoms with Crippen molar-refractivity contribution in [2.45, 2.75) is 50.5 Å². The smallest absolute Gasteiger partial charge is 0.344 e. The molecule has 0 saturated carbocycles. The van der Waals surface area contributed by atoms with E-state index in [-0.39, 0.29) is 0 Å². The number of fused-ring (bicyclic) bond motifs is 6. The molecule has 28 heavy (non-hydrogen) atoms. The lowest BCUT2D eigenvalue weighted by Crippen LogP contribution is -2.34. The SMILES string of the molecule is CN1[C@H]2CC[C@@H]1c1c(n(CCc3ccc(C(F)(F)F)nc3)c3ccccc13)C2. The Morgan fingerprint density at radius 3 is 2.68 bits per heavy atom. The molecule has 1 fully saturated rings. The zero-order chi connectivity index (χ0) is 19.5. The lowest BCUT2D eigenvalue weighted by atomic mass is 9.97. The maximum Gasteiger partial charge on any atom is 0.433 e. The van der Waals surface area contributed by atoms with E-state index in [9.17, 15) is 13.2 Å². The Kier molecular flexibility index (Phi) is 4.02. The fraction of sp³-hybridized carbons (Fsp3) is 0.409. The summed E-state index contributed by atoms with van der Waals surface area (Å²) < 4.78 is 40.6. The first-order valence-electron chi connectivity index (χ1n) is 9.77. The van der Waals surface area contributed by atoms with Crippen molar-refractivity contribution in [1.29, 1.82) is 0 Å². The van der Waals surface area contributed by atoms with Crippen molar-refractivity contribution in [3.63, 3.8) is 0 Å². The Bertz CT molecular complexity index is 1020. The van der Waals surface area contributed by atoms with Crippen LogP contribution in [0.1, 0.15) is 41.4 Å². The van der Waals surface area contributed by atoms with Crippen LogP contribution in [0.25, 0.3) is 10.9 Å². The predicted octanol–water partition coefficient (Wildman–Crippen LogP) is 4.99. The number of aromatic nitrogens is 2. The van der Waals surface area contributed by atoms with Crippen molar-refractivity contribution in [1.82, 2.24) is 14.5 Å². The van der Waals surface area contributed by atoms with Crippen LogP contribution >= 0.6 is 0 Å². The quantitative estimate of drug-likeness (QED) is 0.633. The van der Waals surface area contributed by atoms with E-state index in [4.69, 9.17) is 0 Å². The molecule has 0 spiro atoms. The van der Waals surface area contributed by atoms with Crippen molar-refractivity contribution in [3.8, 4) is 0 Å². The summed E-state index contributed by atoms with van der Waals surface area (Å²) in [6, 6.07) is 12.2. The minimum absolute atomic E-state index is 0.479. The molecule has 2 bridgehead atoms. The third-order valence-corrected chi connectivity index (χ3v) is 6.46. The molecule has 3 nitrogen and oxygen atoms in total. The number of benzene rings is 1. The highest BCUT2D eigenvalue weighted by Crippen LogP contribution is 2.46. The lowest BCUT2D eigenvalue weighted by molar-refractivity contribution is -0.141. The molecule has 0 unspecified atom stereocenters. The number of rotatable bonds is 3. The van der Waals surface area contributed by atoms with Crippen LogP contribution in [-0.4, -0.2) is 27.5 Å². The number of alkyl halides is 3. The molecule has 2 atom stereocenters. The summed E-state index contributed by atoms with van der Waals surface area (Å²) in [6.07, 6.45) is 1.11. The molecule has 0 radical (unpaired) electrons. The van der Waals surface area contributed by atoms with E-state index in [0.717, 1.165) is 24.6 Å². The van der Waals surface area contributed by atoms with Crippen molar-refractivity contribution in [2.75, 3.05) is 7.05 Å². The van der Waals surface area contributed by atoms with E-state index in [1.807, 2.05) is 0 Å². The number of para-hydroxylation sites is 1. The van der Waals surface area contributed by atoms with Crippen LogP contribution in [0, 0.1) is 0 Å². The highest BCUT2D eigenvalue weighted by molar-refractivity contribution is 5.86. The summed E-state index contributed by atoms with van der Waals surface area (Å²) in [5, 5.41) is 1.32. The van der Waals surface area contributed by atoms with Crippen LogP contribution in [0.2, 0.25) is 0 Å². The van der Waals surface area contributed by atoms with E-state index in [0.29, 0.717) is 18.5 Å². The number of nitrogens with zero attached hydrogens (tertiary/aromatic N) is 3. The van der Waals surface area contributed by atoms with Gasteiger partial charge in [-0.3, -0.25) is 9.88 Å². The summed E-state index contributed by atoms with van der Waals surface area (Å²) in [5.74, 6) is 0. The molecule has 0 amide bonds. The molecule has 3 aromatic rings. The first-order chi connectivity index (χ1) is 13.4. The number of pyridine rings is 1. The van der Waals surface area contributed by atoms with Crippen molar-refractivity contribution < 1.29 is 13.2 Å². The Labute approximate surface area is 161 Å². The average molecular weight is 385 g/mol. The van der Waals surface area contributed by atoms with Crippen LogP contribution < -0.4 is 0 Å². The van der Waals surface area contributed by atoms with Crippen LogP contribution in [-0.2, 0) is 25.6 Å². The number of likely N-dealkylation sites (N-methyl/N-ethyl adjacent to an activating group) is 1. The van der Waals surface area contributed by atoms with Gasteiger partial charge in [0.1, 0.15) is 5.69 Å². The minimum Gasteiger partial charge on any atom is -0.344 e. The molecular formula is C22H22F3N3. The number of hydrogen-bond donors (Lipinski definition) is 0. The van der Waals surface area contributed by atoms with Gasteiger partial charge in [0, 0.05) is 47.8 Å². The topological polar surface area (TPSA) is 21.1 Å². The summed E-state index contributed by atoms with van der Waals surface area (Å²) in [6.45, 7) is 0.756. The second kappa shape index (κ2) is 6.34. The van der Waals surface area contributed by atoms with Crippen molar-refractivity contribution in [3.05, 3.63) is 65.1 Å². The van der Waals surface area contributed by atoms with E-state index in [1.54, 1.807) is 6.07 Å². The summed E-state index contributed by atoms with van der Waals surface area (Å²) >= 11 is 0. The zero-order valence-corrected chi connectivity index (χ0v) is 15.7. The van der Waals surface area contributed by atoms with Gasteiger partial charge in [0.15, 0.2) is 0 Å². The number of hydrogen-bond acceptors (Lipinski definition) is 2. The van der Waals surface area contributed by atoms with Gasteiger partial charge in [-0.05, 0) is 49.6 Å². The van der Waals surface area contributed by atoms with Gasteiger partial charge in [-0.1, -0.05) is 24.3 Å². The van der Waals surface area contributed by atoms with Gasteiger partial charge >= 0.3 is 6.18 Å². The normalized spacial score (nSPS) is 22.0. The highest BCUT2D eigenvalue weighted by Gasteiger charge is 2.40. The Morgan fingerprint density at radius 2 is 1.93 bits per heavy atom. The molecule has 5 rings (SSSR count).